The van der Waals surface area contributed by atoms with Gasteiger partial charge in [0.15, 0.2) is 0 Å². The van der Waals surface area contributed by atoms with Crippen LogP contribution in [0.4, 0.5) is 10.1 Å². The van der Waals surface area contributed by atoms with Gasteiger partial charge in [0.1, 0.15) is 23.3 Å². The maximum absolute atomic E-state index is 13.4. The van der Waals surface area contributed by atoms with E-state index < -0.39 is 29.0 Å². The summed E-state index contributed by atoms with van der Waals surface area (Å²) in [4.78, 5) is 37.6. The third kappa shape index (κ3) is 4.48. The minimum Gasteiger partial charge on any atom is -0.346 e. The van der Waals surface area contributed by atoms with Crippen LogP contribution in [0.3, 0.4) is 0 Å². The standard InChI is InChI=1S/C20H18FN7O3/c1-20(2,16-9-23-27-26-16)25-19(31)17(29)12-7-15(28(3)10-12)18(30)24-13-4-5-14(21)11(6-13)8-22/h4-7,9-10H,1-3H3,(H,24,30)(H,25,31)(H,23,26,27). The number of nitriles is 1. The highest BCUT2D eigenvalue weighted by Crippen LogP contribution is 2.18. The van der Waals surface area contributed by atoms with Gasteiger partial charge in [-0.25, -0.2) is 4.39 Å². The number of aromatic amines is 1. The van der Waals surface area contributed by atoms with Crippen molar-refractivity contribution in [2.45, 2.75) is 19.4 Å². The van der Waals surface area contributed by atoms with Gasteiger partial charge in [0.2, 0.25) is 0 Å². The quantitative estimate of drug-likeness (QED) is 0.406. The van der Waals surface area contributed by atoms with Crippen LogP contribution in [0.2, 0.25) is 0 Å². The van der Waals surface area contributed by atoms with E-state index in [1.807, 2.05) is 0 Å². The molecule has 31 heavy (non-hydrogen) atoms. The molecule has 0 spiro atoms. The van der Waals surface area contributed by atoms with Crippen LogP contribution >= 0.6 is 0 Å². The number of amides is 2. The number of H-pyrrole nitrogens is 1. The Balaban J connectivity index is 1.75. The van der Waals surface area contributed by atoms with Crippen LogP contribution < -0.4 is 10.6 Å². The van der Waals surface area contributed by atoms with E-state index in [1.165, 1.54) is 42.2 Å². The van der Waals surface area contributed by atoms with Gasteiger partial charge in [0.25, 0.3) is 17.6 Å². The van der Waals surface area contributed by atoms with Crippen LogP contribution in [0.5, 0.6) is 0 Å². The van der Waals surface area contributed by atoms with Gasteiger partial charge in [0.05, 0.1) is 17.3 Å². The number of ketones is 1. The number of rotatable bonds is 6. The van der Waals surface area contributed by atoms with Gasteiger partial charge in [-0.05, 0) is 38.1 Å². The van der Waals surface area contributed by atoms with E-state index in [1.54, 1.807) is 19.9 Å². The van der Waals surface area contributed by atoms with Crippen LogP contribution in [0.1, 0.15) is 46.0 Å². The summed E-state index contributed by atoms with van der Waals surface area (Å²) in [6.45, 7) is 3.33. The van der Waals surface area contributed by atoms with E-state index in [0.29, 0.717) is 5.69 Å². The Morgan fingerprint density at radius 3 is 2.65 bits per heavy atom. The summed E-state index contributed by atoms with van der Waals surface area (Å²) >= 11 is 0. The minimum atomic E-state index is -0.949. The Labute approximate surface area is 176 Å². The Kier molecular flexibility index (Phi) is 5.65. The number of Topliss-reactive ketones (excluding diaryl/α,β-unsaturated/α-hetero) is 1. The summed E-state index contributed by atoms with van der Waals surface area (Å²) in [7, 11) is 1.54. The minimum absolute atomic E-state index is 0.0120. The molecule has 2 amide bonds. The molecule has 0 unspecified atom stereocenters. The smallest absolute Gasteiger partial charge is 0.293 e. The van der Waals surface area contributed by atoms with E-state index in [9.17, 15) is 18.8 Å². The highest BCUT2D eigenvalue weighted by atomic mass is 19.1. The normalized spacial score (nSPS) is 10.9. The second-order valence-electron chi connectivity index (χ2n) is 7.25. The number of carbonyl (C=O) groups excluding carboxylic acids is 3. The zero-order valence-corrected chi connectivity index (χ0v) is 16.9. The average Bonchev–Trinajstić information content (AvgIpc) is 3.39. The first-order valence-corrected chi connectivity index (χ1v) is 9.03. The molecule has 10 nitrogen and oxygen atoms in total. The lowest BCUT2D eigenvalue weighted by Crippen LogP contribution is -2.44. The highest BCUT2D eigenvalue weighted by molar-refractivity contribution is 6.43. The molecule has 0 aliphatic heterocycles. The Morgan fingerprint density at radius 2 is 2.00 bits per heavy atom. The number of nitrogens with one attached hydrogen (secondary N) is 3. The number of aromatic nitrogens is 4. The van der Waals surface area contributed by atoms with Crippen LogP contribution in [0, 0.1) is 17.1 Å². The summed E-state index contributed by atoms with van der Waals surface area (Å²) in [5, 5.41) is 24.1. The molecule has 0 bridgehead atoms. The van der Waals surface area contributed by atoms with Crippen molar-refractivity contribution in [1.29, 1.82) is 5.26 Å². The number of benzene rings is 1. The molecule has 0 fully saturated rings. The van der Waals surface area contributed by atoms with Gasteiger partial charge in [-0.15, -0.1) is 0 Å². The van der Waals surface area contributed by atoms with Crippen LogP contribution in [0.25, 0.3) is 0 Å². The van der Waals surface area contributed by atoms with Crippen molar-refractivity contribution in [3.63, 3.8) is 0 Å². The molecule has 2 aromatic heterocycles. The van der Waals surface area contributed by atoms with Crippen molar-refractivity contribution < 1.29 is 18.8 Å². The molecule has 2 heterocycles. The third-order valence-electron chi connectivity index (χ3n) is 4.53. The van der Waals surface area contributed by atoms with E-state index in [-0.39, 0.29) is 22.5 Å². The zero-order valence-electron chi connectivity index (χ0n) is 16.9. The molecule has 0 radical (unpaired) electrons. The first-order chi connectivity index (χ1) is 14.6. The Morgan fingerprint density at radius 1 is 1.26 bits per heavy atom. The Hall–Kier alpha value is -4.33. The highest BCUT2D eigenvalue weighted by Gasteiger charge is 2.30. The summed E-state index contributed by atoms with van der Waals surface area (Å²) in [5.41, 5.74) is -0.406. The number of halogens is 1. The lowest BCUT2D eigenvalue weighted by atomic mass is 10.0. The summed E-state index contributed by atoms with van der Waals surface area (Å²) in [6.07, 6.45) is 2.79. The molecule has 1 aromatic carbocycles. The van der Waals surface area contributed by atoms with E-state index in [2.05, 4.69) is 26.0 Å². The van der Waals surface area contributed by atoms with E-state index >= 15 is 0 Å². The molecule has 3 aromatic rings. The molecular formula is C20H18FN7O3. The van der Waals surface area contributed by atoms with Crippen LogP contribution in [-0.4, -0.2) is 37.6 Å². The fourth-order valence-electron chi connectivity index (χ4n) is 2.84. The molecule has 0 saturated heterocycles. The number of anilines is 1. The van der Waals surface area contributed by atoms with Crippen LogP contribution in [0.15, 0.2) is 36.7 Å². The van der Waals surface area contributed by atoms with Crippen molar-refractivity contribution in [2.24, 2.45) is 7.05 Å². The number of aryl methyl sites for hydroxylation is 1. The van der Waals surface area contributed by atoms with Gasteiger partial charge in [-0.3, -0.25) is 14.4 Å². The van der Waals surface area contributed by atoms with Crippen molar-refractivity contribution in [1.82, 2.24) is 25.3 Å². The number of carbonyl (C=O) groups is 3. The van der Waals surface area contributed by atoms with Crippen molar-refractivity contribution in [3.05, 3.63) is 65.0 Å². The zero-order chi connectivity index (χ0) is 22.8. The first kappa shape index (κ1) is 21.4. The lowest BCUT2D eigenvalue weighted by Gasteiger charge is -2.22. The maximum Gasteiger partial charge on any atom is 0.293 e. The third-order valence-corrected chi connectivity index (χ3v) is 4.53. The summed E-state index contributed by atoms with van der Waals surface area (Å²) < 4.78 is 14.8. The SMILES string of the molecule is Cn1cc(C(=O)C(=O)NC(C)(C)c2cn[nH]n2)cc1C(=O)Nc1ccc(F)c(C#N)c1. The summed E-state index contributed by atoms with van der Waals surface area (Å²) in [6, 6.07) is 6.53. The molecule has 3 rings (SSSR count). The van der Waals surface area contributed by atoms with Crippen molar-refractivity contribution in [2.75, 3.05) is 5.32 Å². The van der Waals surface area contributed by atoms with E-state index in [0.717, 1.165) is 6.07 Å². The van der Waals surface area contributed by atoms with Gasteiger partial charge < -0.3 is 15.2 Å². The molecule has 0 atom stereocenters. The fourth-order valence-corrected chi connectivity index (χ4v) is 2.84. The molecule has 0 aliphatic rings. The van der Waals surface area contributed by atoms with Gasteiger partial charge >= 0.3 is 0 Å². The number of hydrogen-bond acceptors (Lipinski definition) is 6. The predicted octanol–water partition coefficient (Wildman–Crippen LogP) is 1.64. The van der Waals surface area contributed by atoms with Gasteiger partial charge in [0, 0.05) is 24.5 Å². The molecular weight excluding hydrogens is 405 g/mol. The first-order valence-electron chi connectivity index (χ1n) is 9.03. The topological polar surface area (TPSA) is 146 Å². The molecule has 3 N–H and O–H groups in total. The Bertz CT molecular complexity index is 1210. The fraction of sp³-hybridized carbons (Fsp3) is 0.200. The monoisotopic (exact) mass is 423 g/mol. The number of nitrogens with zero attached hydrogens (tertiary/aromatic N) is 4. The van der Waals surface area contributed by atoms with Gasteiger partial charge in [-0.1, -0.05) is 0 Å². The second-order valence-corrected chi connectivity index (χ2v) is 7.25. The average molecular weight is 423 g/mol. The van der Waals surface area contributed by atoms with Crippen molar-refractivity contribution in [3.8, 4) is 6.07 Å². The summed E-state index contributed by atoms with van der Waals surface area (Å²) in [5.74, 6) is -3.00. The number of hydrogen-bond donors (Lipinski definition) is 3. The van der Waals surface area contributed by atoms with E-state index in [4.69, 9.17) is 5.26 Å². The molecule has 0 saturated carbocycles. The molecule has 11 heteroatoms. The maximum atomic E-state index is 13.4. The van der Waals surface area contributed by atoms with Gasteiger partial charge in [-0.2, -0.15) is 20.7 Å². The predicted molar refractivity (Wildman–Crippen MR) is 106 cm³/mol. The second kappa shape index (κ2) is 8.19. The van der Waals surface area contributed by atoms with Crippen molar-refractivity contribution >= 4 is 23.3 Å². The lowest BCUT2D eigenvalue weighted by molar-refractivity contribution is -0.118. The molecule has 0 aliphatic carbocycles. The van der Waals surface area contributed by atoms with Crippen LogP contribution in [-0.2, 0) is 17.4 Å². The molecule has 158 valence electrons. The largest absolute Gasteiger partial charge is 0.346 e.